The van der Waals surface area contributed by atoms with Gasteiger partial charge in [-0.1, -0.05) is 30.3 Å². The molecule has 0 aliphatic carbocycles. The van der Waals surface area contributed by atoms with Gasteiger partial charge in [-0.3, -0.25) is 0 Å². The molecule has 1 saturated heterocycles. The number of rotatable bonds is 5. The van der Waals surface area contributed by atoms with Crippen LogP contribution in [-0.4, -0.2) is 51.3 Å². The zero-order valence-electron chi connectivity index (χ0n) is 14.4. The first-order valence-electron chi connectivity index (χ1n) is 8.63. The van der Waals surface area contributed by atoms with Gasteiger partial charge in [0.15, 0.2) is 5.82 Å². The van der Waals surface area contributed by atoms with Crippen molar-refractivity contribution in [2.75, 3.05) is 41.3 Å². The summed E-state index contributed by atoms with van der Waals surface area (Å²) in [5, 5.41) is 11.6. The molecule has 3 heterocycles. The second-order valence-corrected chi connectivity index (χ2v) is 6.00. The maximum atomic E-state index is 4.60. The number of anilines is 3. The van der Waals surface area contributed by atoms with E-state index in [0.717, 1.165) is 37.9 Å². The highest BCUT2D eigenvalue weighted by atomic mass is 15.4. The van der Waals surface area contributed by atoms with Crippen LogP contribution in [0.25, 0.3) is 0 Å². The normalized spacial score (nSPS) is 14.3. The van der Waals surface area contributed by atoms with Crippen LogP contribution in [0.15, 0.2) is 55.0 Å². The summed E-state index contributed by atoms with van der Waals surface area (Å²) in [6, 6.07) is 12.0. The van der Waals surface area contributed by atoms with Crippen LogP contribution in [0.3, 0.4) is 0 Å². The Balaban J connectivity index is 1.36. The summed E-state index contributed by atoms with van der Waals surface area (Å²) >= 11 is 0. The van der Waals surface area contributed by atoms with Crippen LogP contribution >= 0.6 is 0 Å². The Kier molecular flexibility index (Phi) is 4.81. The monoisotopic (exact) mass is 348 g/mol. The minimum atomic E-state index is 0.650. The lowest BCUT2D eigenvalue weighted by Gasteiger charge is -2.34. The van der Waals surface area contributed by atoms with Crippen molar-refractivity contribution in [3.63, 3.8) is 0 Å². The Bertz CT molecular complexity index is 819. The molecule has 1 aliphatic rings. The second kappa shape index (κ2) is 7.73. The Morgan fingerprint density at radius 3 is 2.27 bits per heavy atom. The van der Waals surface area contributed by atoms with Crippen molar-refractivity contribution < 1.29 is 0 Å². The van der Waals surface area contributed by atoms with Crippen molar-refractivity contribution >= 4 is 17.7 Å². The highest BCUT2D eigenvalue weighted by Gasteiger charge is 2.21. The van der Waals surface area contributed by atoms with Crippen molar-refractivity contribution in [1.29, 1.82) is 0 Å². The van der Waals surface area contributed by atoms with E-state index in [4.69, 9.17) is 0 Å². The Morgan fingerprint density at radius 2 is 1.54 bits per heavy atom. The van der Waals surface area contributed by atoms with E-state index in [9.17, 15) is 0 Å². The standard InChI is InChI=1S/C18H20N8/c1-2-5-15(6-3-1)13-21-16-14-22-24-18(23-16)26-11-9-25(10-12-26)17-19-7-4-8-20-17/h1-8,14H,9-13H2,(H,21,23,24). The minimum absolute atomic E-state index is 0.650. The second-order valence-electron chi connectivity index (χ2n) is 6.00. The van der Waals surface area contributed by atoms with Crippen LogP contribution in [0.5, 0.6) is 0 Å². The fraction of sp³-hybridized carbons (Fsp3) is 0.278. The van der Waals surface area contributed by atoms with Crippen molar-refractivity contribution in [1.82, 2.24) is 25.1 Å². The van der Waals surface area contributed by atoms with Gasteiger partial charge in [-0.25, -0.2) is 9.97 Å². The van der Waals surface area contributed by atoms with Crippen LogP contribution in [-0.2, 0) is 6.54 Å². The van der Waals surface area contributed by atoms with E-state index in [1.54, 1.807) is 18.6 Å². The summed E-state index contributed by atoms with van der Waals surface area (Å²) in [6.45, 7) is 3.98. The molecule has 1 N–H and O–H groups in total. The molecular formula is C18H20N8. The van der Waals surface area contributed by atoms with Gasteiger partial charge in [0.25, 0.3) is 0 Å². The van der Waals surface area contributed by atoms with E-state index < -0.39 is 0 Å². The molecule has 0 unspecified atom stereocenters. The molecule has 8 heteroatoms. The van der Waals surface area contributed by atoms with Crippen molar-refractivity contribution in [3.8, 4) is 0 Å². The predicted molar refractivity (Wildman–Crippen MR) is 100 cm³/mol. The van der Waals surface area contributed by atoms with Crippen LogP contribution in [0.1, 0.15) is 5.56 Å². The van der Waals surface area contributed by atoms with Crippen LogP contribution < -0.4 is 15.1 Å². The molecule has 0 atom stereocenters. The van der Waals surface area contributed by atoms with Crippen molar-refractivity contribution in [2.45, 2.75) is 6.54 Å². The molecule has 4 rings (SSSR count). The van der Waals surface area contributed by atoms with Gasteiger partial charge in [0.05, 0.1) is 6.20 Å². The van der Waals surface area contributed by atoms with Gasteiger partial charge >= 0.3 is 0 Å². The smallest absolute Gasteiger partial charge is 0.247 e. The van der Waals surface area contributed by atoms with Crippen LogP contribution in [0, 0.1) is 0 Å². The molecule has 0 saturated carbocycles. The maximum Gasteiger partial charge on any atom is 0.247 e. The molecule has 1 aromatic carbocycles. The van der Waals surface area contributed by atoms with Crippen LogP contribution in [0.4, 0.5) is 17.7 Å². The minimum Gasteiger partial charge on any atom is -0.365 e. The summed E-state index contributed by atoms with van der Waals surface area (Å²) in [6.07, 6.45) is 5.19. The zero-order chi connectivity index (χ0) is 17.6. The van der Waals surface area contributed by atoms with E-state index in [2.05, 4.69) is 52.4 Å². The lowest BCUT2D eigenvalue weighted by molar-refractivity contribution is 0.623. The summed E-state index contributed by atoms with van der Waals surface area (Å²) in [4.78, 5) is 17.5. The number of hydrogen-bond acceptors (Lipinski definition) is 8. The summed E-state index contributed by atoms with van der Waals surface area (Å²) in [5.41, 5.74) is 1.20. The molecule has 1 fully saturated rings. The van der Waals surface area contributed by atoms with Gasteiger partial charge < -0.3 is 15.1 Å². The highest BCUT2D eigenvalue weighted by molar-refractivity contribution is 5.42. The third kappa shape index (κ3) is 3.85. The zero-order valence-corrected chi connectivity index (χ0v) is 14.4. The highest BCUT2D eigenvalue weighted by Crippen LogP contribution is 2.15. The topological polar surface area (TPSA) is 83.0 Å². The van der Waals surface area contributed by atoms with E-state index in [1.807, 2.05) is 24.3 Å². The van der Waals surface area contributed by atoms with Gasteiger partial charge in [0.1, 0.15) is 0 Å². The largest absolute Gasteiger partial charge is 0.365 e. The third-order valence-corrected chi connectivity index (χ3v) is 4.26. The summed E-state index contributed by atoms with van der Waals surface area (Å²) in [7, 11) is 0. The molecule has 132 valence electrons. The van der Waals surface area contributed by atoms with Gasteiger partial charge in [0.2, 0.25) is 11.9 Å². The van der Waals surface area contributed by atoms with Crippen LogP contribution in [0.2, 0.25) is 0 Å². The molecule has 0 bridgehead atoms. The van der Waals surface area contributed by atoms with Crippen molar-refractivity contribution in [2.24, 2.45) is 0 Å². The van der Waals surface area contributed by atoms with E-state index in [0.29, 0.717) is 12.5 Å². The number of nitrogens with one attached hydrogen (secondary N) is 1. The summed E-state index contributed by atoms with van der Waals surface area (Å²) in [5.74, 6) is 2.15. The van der Waals surface area contributed by atoms with Gasteiger partial charge in [0, 0.05) is 45.1 Å². The Labute approximate surface area is 152 Å². The van der Waals surface area contributed by atoms with Crippen molar-refractivity contribution in [3.05, 3.63) is 60.6 Å². The number of nitrogens with zero attached hydrogens (tertiary/aromatic N) is 7. The quantitative estimate of drug-likeness (QED) is 0.744. The predicted octanol–water partition coefficient (Wildman–Crippen LogP) is 1.60. The fourth-order valence-corrected chi connectivity index (χ4v) is 2.86. The summed E-state index contributed by atoms with van der Waals surface area (Å²) < 4.78 is 0. The molecular weight excluding hydrogens is 328 g/mol. The maximum absolute atomic E-state index is 4.60. The first-order chi connectivity index (χ1) is 12.9. The molecule has 8 nitrogen and oxygen atoms in total. The molecule has 3 aromatic rings. The number of hydrogen-bond donors (Lipinski definition) is 1. The lowest BCUT2D eigenvalue weighted by atomic mass is 10.2. The number of benzene rings is 1. The Morgan fingerprint density at radius 1 is 0.846 bits per heavy atom. The molecule has 0 radical (unpaired) electrons. The number of piperazine rings is 1. The van der Waals surface area contributed by atoms with E-state index in [1.165, 1.54) is 5.56 Å². The molecule has 2 aromatic heterocycles. The van der Waals surface area contributed by atoms with Gasteiger partial charge in [-0.05, 0) is 11.6 Å². The molecule has 1 aliphatic heterocycles. The average Bonchev–Trinajstić information content (AvgIpc) is 2.74. The molecule has 0 spiro atoms. The Hall–Kier alpha value is -3.29. The number of aromatic nitrogens is 5. The average molecular weight is 348 g/mol. The first kappa shape index (κ1) is 16.2. The fourth-order valence-electron chi connectivity index (χ4n) is 2.86. The third-order valence-electron chi connectivity index (χ3n) is 4.26. The van der Waals surface area contributed by atoms with E-state index in [-0.39, 0.29) is 0 Å². The first-order valence-corrected chi connectivity index (χ1v) is 8.63. The lowest BCUT2D eigenvalue weighted by Crippen LogP contribution is -2.47. The van der Waals surface area contributed by atoms with Gasteiger partial charge in [-0.2, -0.15) is 10.1 Å². The van der Waals surface area contributed by atoms with E-state index >= 15 is 0 Å². The SMILES string of the molecule is c1ccc(CNc2cnnc(N3CCN(c4ncccn4)CC3)n2)cc1. The molecule has 0 amide bonds. The van der Waals surface area contributed by atoms with Gasteiger partial charge in [-0.15, -0.1) is 5.10 Å². The molecule has 26 heavy (non-hydrogen) atoms.